The number of carbonyl (C=O) groups is 1. The lowest BCUT2D eigenvalue weighted by molar-refractivity contribution is -0.138. The van der Waals surface area contributed by atoms with E-state index in [1.165, 1.54) is 11.1 Å². The molecule has 0 unspecified atom stereocenters. The Morgan fingerprint density at radius 3 is 2.35 bits per heavy atom. The highest BCUT2D eigenvalue weighted by molar-refractivity contribution is 5.79. The van der Waals surface area contributed by atoms with Gasteiger partial charge in [-0.15, -0.1) is 0 Å². The van der Waals surface area contributed by atoms with Gasteiger partial charge in [-0.2, -0.15) is 0 Å². The molecule has 0 bridgehead atoms. The smallest absolute Gasteiger partial charge is 0.236 e. The third-order valence-electron chi connectivity index (χ3n) is 3.68. The summed E-state index contributed by atoms with van der Waals surface area (Å²) >= 11 is 0. The fourth-order valence-corrected chi connectivity index (χ4v) is 2.71. The van der Waals surface area contributed by atoms with Gasteiger partial charge in [-0.3, -0.25) is 9.69 Å². The number of carbonyl (C=O) groups excluding carboxylic acids is 1. The van der Waals surface area contributed by atoms with Crippen LogP contribution in [-0.4, -0.2) is 35.3 Å². The van der Waals surface area contributed by atoms with Gasteiger partial charge in [0.1, 0.15) is 0 Å². The second-order valence-corrected chi connectivity index (χ2v) is 5.32. The van der Waals surface area contributed by atoms with E-state index in [9.17, 15) is 4.79 Å². The molecule has 1 amide bonds. The average Bonchev–Trinajstić information content (AvgIpc) is 2.66. The first-order valence-electron chi connectivity index (χ1n) is 6.29. The maximum Gasteiger partial charge on any atom is 0.236 e. The van der Waals surface area contributed by atoms with Crippen LogP contribution in [0.3, 0.4) is 0 Å². The Kier molecular flexibility index (Phi) is 2.63. The van der Waals surface area contributed by atoms with E-state index in [-0.39, 0.29) is 5.91 Å². The minimum Gasteiger partial charge on any atom is -0.341 e. The van der Waals surface area contributed by atoms with E-state index in [4.69, 9.17) is 0 Å². The summed E-state index contributed by atoms with van der Waals surface area (Å²) in [6.45, 7) is 6.49. The maximum atomic E-state index is 12.0. The molecule has 0 saturated carbocycles. The Bertz CT molecular complexity index is 413. The van der Waals surface area contributed by atoms with E-state index < -0.39 is 0 Å². The third kappa shape index (κ3) is 2.07. The van der Waals surface area contributed by atoms with Gasteiger partial charge in [-0.25, -0.2) is 0 Å². The predicted octanol–water partition coefficient (Wildman–Crippen LogP) is 1.48. The van der Waals surface area contributed by atoms with Crippen LogP contribution in [0.4, 0.5) is 0 Å². The van der Waals surface area contributed by atoms with Crippen molar-refractivity contribution in [1.29, 1.82) is 0 Å². The minimum absolute atomic E-state index is 0.288. The molecule has 0 radical (unpaired) electrons. The van der Waals surface area contributed by atoms with Crippen LogP contribution in [0.2, 0.25) is 0 Å². The van der Waals surface area contributed by atoms with Gasteiger partial charge < -0.3 is 4.90 Å². The van der Waals surface area contributed by atoms with Gasteiger partial charge in [-0.1, -0.05) is 31.2 Å². The van der Waals surface area contributed by atoms with E-state index in [1.54, 1.807) is 0 Å². The van der Waals surface area contributed by atoms with Crippen LogP contribution in [0.5, 0.6) is 0 Å². The minimum atomic E-state index is 0.288. The molecule has 2 heterocycles. The molecule has 2 aliphatic rings. The summed E-state index contributed by atoms with van der Waals surface area (Å²) < 4.78 is 0. The van der Waals surface area contributed by atoms with Crippen molar-refractivity contribution in [3.05, 3.63) is 35.4 Å². The SMILES string of the molecule is CC1CN(C(=O)CN2Cc3ccccc3C2)C1. The number of rotatable bonds is 2. The molecule has 1 aromatic rings. The van der Waals surface area contributed by atoms with E-state index in [1.807, 2.05) is 4.90 Å². The van der Waals surface area contributed by atoms with Crippen molar-refractivity contribution in [2.75, 3.05) is 19.6 Å². The van der Waals surface area contributed by atoms with Crippen molar-refractivity contribution in [2.45, 2.75) is 20.0 Å². The van der Waals surface area contributed by atoms with Gasteiger partial charge >= 0.3 is 0 Å². The molecule has 0 spiro atoms. The Hall–Kier alpha value is -1.35. The van der Waals surface area contributed by atoms with Gasteiger partial charge in [0.05, 0.1) is 6.54 Å². The van der Waals surface area contributed by atoms with Crippen molar-refractivity contribution < 1.29 is 4.79 Å². The van der Waals surface area contributed by atoms with Crippen LogP contribution >= 0.6 is 0 Å². The standard InChI is InChI=1S/C14H18N2O/c1-11-6-16(7-11)14(17)10-15-8-12-4-2-3-5-13(12)9-15/h2-5,11H,6-10H2,1H3. The lowest BCUT2D eigenvalue weighted by atomic mass is 10.0. The number of hydrogen-bond acceptors (Lipinski definition) is 2. The van der Waals surface area contributed by atoms with Crippen molar-refractivity contribution in [2.24, 2.45) is 5.92 Å². The fraction of sp³-hybridized carbons (Fsp3) is 0.500. The van der Waals surface area contributed by atoms with Crippen LogP contribution in [-0.2, 0) is 17.9 Å². The summed E-state index contributed by atoms with van der Waals surface area (Å²) in [5.74, 6) is 0.977. The van der Waals surface area contributed by atoms with Crippen LogP contribution in [0, 0.1) is 5.92 Å². The molecule has 3 heteroatoms. The molecule has 3 nitrogen and oxygen atoms in total. The second-order valence-electron chi connectivity index (χ2n) is 5.32. The number of likely N-dealkylation sites (tertiary alicyclic amines) is 1. The van der Waals surface area contributed by atoms with E-state index in [0.717, 1.165) is 26.2 Å². The topological polar surface area (TPSA) is 23.6 Å². The molecule has 1 aromatic carbocycles. The largest absolute Gasteiger partial charge is 0.341 e. The molecule has 90 valence electrons. The third-order valence-corrected chi connectivity index (χ3v) is 3.68. The van der Waals surface area contributed by atoms with Crippen LogP contribution in [0.25, 0.3) is 0 Å². The zero-order valence-electron chi connectivity index (χ0n) is 10.2. The number of hydrogen-bond donors (Lipinski definition) is 0. The molecular formula is C14H18N2O. The van der Waals surface area contributed by atoms with Crippen LogP contribution in [0.15, 0.2) is 24.3 Å². The highest BCUT2D eigenvalue weighted by Gasteiger charge is 2.29. The molecule has 0 atom stereocenters. The number of nitrogens with zero attached hydrogens (tertiary/aromatic N) is 2. The summed E-state index contributed by atoms with van der Waals surface area (Å²) in [6, 6.07) is 8.46. The van der Waals surface area contributed by atoms with Crippen molar-refractivity contribution >= 4 is 5.91 Å². The van der Waals surface area contributed by atoms with Gasteiger partial charge in [0.25, 0.3) is 0 Å². The summed E-state index contributed by atoms with van der Waals surface area (Å²) in [7, 11) is 0. The van der Waals surface area contributed by atoms with E-state index in [2.05, 4.69) is 36.1 Å². The van der Waals surface area contributed by atoms with Crippen LogP contribution in [0.1, 0.15) is 18.1 Å². The molecule has 0 aromatic heterocycles. The van der Waals surface area contributed by atoms with Crippen LogP contribution < -0.4 is 0 Å². The Morgan fingerprint density at radius 2 is 1.82 bits per heavy atom. The van der Waals surface area contributed by atoms with E-state index >= 15 is 0 Å². The zero-order valence-corrected chi connectivity index (χ0v) is 10.2. The lowest BCUT2D eigenvalue weighted by Crippen LogP contribution is -2.51. The van der Waals surface area contributed by atoms with Gasteiger partial charge in [0, 0.05) is 26.2 Å². The lowest BCUT2D eigenvalue weighted by Gasteiger charge is -2.38. The molecule has 1 saturated heterocycles. The zero-order chi connectivity index (χ0) is 11.8. The van der Waals surface area contributed by atoms with Crippen molar-refractivity contribution in [3.8, 4) is 0 Å². The quantitative estimate of drug-likeness (QED) is 0.768. The van der Waals surface area contributed by atoms with Gasteiger partial charge in [0.2, 0.25) is 5.91 Å². The van der Waals surface area contributed by atoms with Crippen molar-refractivity contribution in [1.82, 2.24) is 9.80 Å². The maximum absolute atomic E-state index is 12.0. The molecule has 17 heavy (non-hydrogen) atoms. The summed E-state index contributed by atoms with van der Waals surface area (Å²) in [4.78, 5) is 16.2. The molecule has 0 aliphatic carbocycles. The molecule has 2 aliphatic heterocycles. The summed E-state index contributed by atoms with van der Waals surface area (Å²) in [6.07, 6.45) is 0. The highest BCUT2D eigenvalue weighted by Crippen LogP contribution is 2.22. The van der Waals surface area contributed by atoms with E-state index in [0.29, 0.717) is 12.5 Å². The first-order chi connectivity index (χ1) is 8.22. The first kappa shape index (κ1) is 10.8. The Morgan fingerprint density at radius 1 is 1.24 bits per heavy atom. The molecular weight excluding hydrogens is 212 g/mol. The highest BCUT2D eigenvalue weighted by atomic mass is 16.2. The Labute approximate surface area is 102 Å². The first-order valence-corrected chi connectivity index (χ1v) is 6.29. The number of benzene rings is 1. The number of fused-ring (bicyclic) bond motifs is 1. The monoisotopic (exact) mass is 230 g/mol. The molecule has 0 N–H and O–H groups in total. The Balaban J connectivity index is 1.57. The van der Waals surface area contributed by atoms with Gasteiger partial charge in [-0.05, 0) is 17.0 Å². The van der Waals surface area contributed by atoms with Gasteiger partial charge in [0.15, 0.2) is 0 Å². The summed E-state index contributed by atoms with van der Waals surface area (Å²) in [5.41, 5.74) is 2.74. The summed E-state index contributed by atoms with van der Waals surface area (Å²) in [5, 5.41) is 0. The molecule has 1 fully saturated rings. The predicted molar refractivity (Wildman–Crippen MR) is 66.3 cm³/mol. The average molecular weight is 230 g/mol. The molecule has 3 rings (SSSR count). The normalized spacial score (nSPS) is 20.2. The fourth-order valence-electron chi connectivity index (χ4n) is 2.71. The van der Waals surface area contributed by atoms with Crippen molar-refractivity contribution in [3.63, 3.8) is 0 Å². The number of amides is 1. The second kappa shape index (κ2) is 4.15.